The summed E-state index contributed by atoms with van der Waals surface area (Å²) in [4.78, 5) is 42.8. The number of aromatic nitrogens is 8. The molecule has 0 aliphatic rings. The van der Waals surface area contributed by atoms with Crippen LogP contribution in [0.25, 0.3) is 11.2 Å². The molecular weight excluding hydrogens is 432 g/mol. The highest BCUT2D eigenvalue weighted by Crippen LogP contribution is 2.34. The molecule has 0 radical (unpaired) electrons. The van der Waals surface area contributed by atoms with E-state index in [0.29, 0.717) is 27.0 Å². The molecule has 15 nitrogen and oxygen atoms in total. The Kier molecular flexibility index (Phi) is 6.51. The molecule has 31 heavy (non-hydrogen) atoms. The van der Waals surface area contributed by atoms with Gasteiger partial charge in [0.05, 0.1) is 12.9 Å². The third-order valence-corrected chi connectivity index (χ3v) is 5.13. The SMILES string of the molecule is Cc1ncc([N+](=O)[O-])n1CCO.Cn1cnc([N+](=O)[O-])c1Sc1ncnc2nc[nH]c12. The van der Waals surface area contributed by atoms with E-state index in [0.717, 1.165) is 11.8 Å². The number of nitrogens with one attached hydrogen (secondary N) is 1. The van der Waals surface area contributed by atoms with E-state index in [-0.39, 0.29) is 24.8 Å². The zero-order valence-electron chi connectivity index (χ0n) is 16.2. The van der Waals surface area contributed by atoms with Gasteiger partial charge in [0.1, 0.15) is 29.6 Å². The van der Waals surface area contributed by atoms with Crippen LogP contribution in [0.15, 0.2) is 35.2 Å². The number of imidazole rings is 3. The molecule has 2 N–H and O–H groups in total. The van der Waals surface area contributed by atoms with E-state index in [1.54, 1.807) is 18.5 Å². The van der Waals surface area contributed by atoms with Crippen LogP contribution in [-0.2, 0) is 13.6 Å². The molecule has 0 unspecified atom stereocenters. The predicted octanol–water partition coefficient (Wildman–Crippen LogP) is 1.24. The quantitative estimate of drug-likeness (QED) is 0.244. The van der Waals surface area contributed by atoms with Crippen molar-refractivity contribution in [2.75, 3.05) is 6.61 Å². The van der Waals surface area contributed by atoms with Crippen molar-refractivity contribution in [1.82, 2.24) is 39.0 Å². The van der Waals surface area contributed by atoms with Crippen LogP contribution >= 0.6 is 11.8 Å². The smallest absolute Gasteiger partial charge is 0.392 e. The summed E-state index contributed by atoms with van der Waals surface area (Å²) >= 11 is 1.15. The first-order valence-corrected chi connectivity index (χ1v) is 9.40. The predicted molar refractivity (Wildman–Crippen MR) is 106 cm³/mol. The molecule has 0 atom stereocenters. The molecule has 4 aromatic rings. The standard InChI is InChI=1S/C9H7N7O2S.C6H9N3O3/c1-15-4-14-7(16(17)18)9(15)19-8-5-6(11-2-10-5)12-3-13-8;1-5-7-4-6(9(11)12)8(5)2-3-10/h2-4H,1H3,(H,10,11,12,13);4,10H,2-3H2,1H3. The molecule has 162 valence electrons. The summed E-state index contributed by atoms with van der Waals surface area (Å²) in [6.07, 6.45) is 5.45. The van der Waals surface area contributed by atoms with Gasteiger partial charge < -0.3 is 34.9 Å². The van der Waals surface area contributed by atoms with Crippen molar-refractivity contribution in [3.63, 3.8) is 0 Å². The Hall–Kier alpha value is -3.92. The van der Waals surface area contributed by atoms with Gasteiger partial charge in [0.25, 0.3) is 0 Å². The Balaban J connectivity index is 0.000000196. The summed E-state index contributed by atoms with van der Waals surface area (Å²) in [5.41, 5.74) is 1.16. The van der Waals surface area contributed by atoms with E-state index < -0.39 is 9.85 Å². The van der Waals surface area contributed by atoms with Crippen molar-refractivity contribution in [2.45, 2.75) is 23.5 Å². The fourth-order valence-corrected chi connectivity index (χ4v) is 3.48. The number of aryl methyl sites for hydroxylation is 2. The first-order chi connectivity index (χ1) is 14.8. The molecule has 0 saturated heterocycles. The maximum Gasteiger partial charge on any atom is 0.396 e. The minimum absolute atomic E-state index is 0.0819. The minimum atomic E-state index is -0.520. The highest BCUT2D eigenvalue weighted by Gasteiger charge is 2.23. The summed E-state index contributed by atoms with van der Waals surface area (Å²) in [7, 11) is 1.69. The lowest BCUT2D eigenvalue weighted by Gasteiger charge is -2.01. The fraction of sp³-hybridized carbons (Fsp3) is 0.267. The average Bonchev–Trinajstić information content (AvgIpc) is 3.43. The zero-order chi connectivity index (χ0) is 22.5. The third kappa shape index (κ3) is 4.64. The van der Waals surface area contributed by atoms with E-state index in [1.807, 2.05) is 0 Å². The summed E-state index contributed by atoms with van der Waals surface area (Å²) in [5.74, 6) is 0.260. The number of aliphatic hydroxyl groups is 1. The second kappa shape index (κ2) is 9.26. The van der Waals surface area contributed by atoms with Crippen molar-refractivity contribution < 1.29 is 15.0 Å². The molecule has 0 aliphatic carbocycles. The number of fused-ring (bicyclic) bond motifs is 1. The second-order valence-corrected chi connectivity index (χ2v) is 6.90. The first kappa shape index (κ1) is 21.8. The number of hydrogen-bond acceptors (Lipinski definition) is 11. The molecule has 4 rings (SSSR count). The fourth-order valence-electron chi connectivity index (χ4n) is 2.54. The van der Waals surface area contributed by atoms with Gasteiger partial charge in [0.2, 0.25) is 6.33 Å². The second-order valence-electron chi connectivity index (χ2n) is 5.92. The summed E-state index contributed by atoms with van der Waals surface area (Å²) in [6, 6.07) is 0. The van der Waals surface area contributed by atoms with Gasteiger partial charge in [-0.3, -0.25) is 0 Å². The van der Waals surface area contributed by atoms with E-state index in [2.05, 4.69) is 29.9 Å². The lowest BCUT2D eigenvalue weighted by molar-refractivity contribution is -0.392. The van der Waals surface area contributed by atoms with Crippen LogP contribution in [0.2, 0.25) is 0 Å². The van der Waals surface area contributed by atoms with Gasteiger partial charge in [-0.2, -0.15) is 0 Å². The normalized spacial score (nSPS) is 10.7. The Bertz CT molecular complexity index is 1230. The number of nitro groups is 2. The van der Waals surface area contributed by atoms with Crippen molar-refractivity contribution in [3.8, 4) is 0 Å². The van der Waals surface area contributed by atoms with Crippen molar-refractivity contribution in [1.29, 1.82) is 0 Å². The Morgan fingerprint density at radius 3 is 2.61 bits per heavy atom. The maximum absolute atomic E-state index is 10.9. The van der Waals surface area contributed by atoms with Crippen LogP contribution in [0.5, 0.6) is 0 Å². The van der Waals surface area contributed by atoms with E-state index in [1.165, 1.54) is 29.7 Å². The lowest BCUT2D eigenvalue weighted by atomic mass is 10.6. The van der Waals surface area contributed by atoms with Gasteiger partial charge in [0, 0.05) is 14.0 Å². The van der Waals surface area contributed by atoms with Gasteiger partial charge in [-0.25, -0.2) is 24.5 Å². The Labute approximate surface area is 177 Å². The van der Waals surface area contributed by atoms with Gasteiger partial charge in [0.15, 0.2) is 16.5 Å². The lowest BCUT2D eigenvalue weighted by Crippen LogP contribution is -2.07. The molecule has 0 aliphatic heterocycles. The Morgan fingerprint density at radius 1 is 1.16 bits per heavy atom. The van der Waals surface area contributed by atoms with Crippen LogP contribution in [0.3, 0.4) is 0 Å². The number of hydrogen-bond donors (Lipinski definition) is 2. The molecule has 0 spiro atoms. The topological polar surface area (TPSA) is 197 Å². The highest BCUT2D eigenvalue weighted by molar-refractivity contribution is 7.99. The molecule has 0 fully saturated rings. The molecule has 4 aromatic heterocycles. The average molecular weight is 448 g/mol. The molecule has 4 heterocycles. The van der Waals surface area contributed by atoms with Crippen LogP contribution < -0.4 is 0 Å². The molecule has 16 heteroatoms. The molecule has 0 aromatic carbocycles. The van der Waals surface area contributed by atoms with Crippen molar-refractivity contribution in [3.05, 3.63) is 51.2 Å². The Morgan fingerprint density at radius 2 is 1.94 bits per heavy atom. The highest BCUT2D eigenvalue weighted by atomic mass is 32.2. The van der Waals surface area contributed by atoms with Gasteiger partial charge in [-0.15, -0.1) is 0 Å². The first-order valence-electron chi connectivity index (χ1n) is 8.58. The number of nitrogens with zero attached hydrogens (tertiary/aromatic N) is 9. The number of H-pyrrole nitrogens is 1. The zero-order valence-corrected chi connectivity index (χ0v) is 17.1. The third-order valence-electron chi connectivity index (χ3n) is 3.96. The number of rotatable bonds is 6. The molecule has 0 bridgehead atoms. The number of aliphatic hydroxyl groups excluding tert-OH is 1. The maximum atomic E-state index is 10.9. The number of aromatic amines is 1. The largest absolute Gasteiger partial charge is 0.396 e. The van der Waals surface area contributed by atoms with Crippen LogP contribution in [0, 0.1) is 27.2 Å². The van der Waals surface area contributed by atoms with Gasteiger partial charge in [-0.1, -0.05) is 0 Å². The van der Waals surface area contributed by atoms with Gasteiger partial charge >= 0.3 is 11.6 Å². The van der Waals surface area contributed by atoms with E-state index >= 15 is 0 Å². The van der Waals surface area contributed by atoms with Crippen LogP contribution in [0.1, 0.15) is 5.82 Å². The van der Waals surface area contributed by atoms with Crippen LogP contribution in [-0.4, -0.2) is 60.6 Å². The van der Waals surface area contributed by atoms with E-state index in [4.69, 9.17) is 5.11 Å². The molecule has 0 amide bonds. The van der Waals surface area contributed by atoms with Gasteiger partial charge in [-0.05, 0) is 26.6 Å². The minimum Gasteiger partial charge on any atom is -0.392 e. The summed E-state index contributed by atoms with van der Waals surface area (Å²) in [6.45, 7) is 1.74. The monoisotopic (exact) mass is 448 g/mol. The van der Waals surface area contributed by atoms with E-state index in [9.17, 15) is 20.2 Å². The van der Waals surface area contributed by atoms with Crippen molar-refractivity contribution in [2.24, 2.45) is 7.05 Å². The summed E-state index contributed by atoms with van der Waals surface area (Å²) < 4.78 is 2.94. The van der Waals surface area contributed by atoms with Crippen molar-refractivity contribution >= 4 is 34.6 Å². The molecule has 0 saturated carbocycles. The molecular formula is C15H16N10O5S. The van der Waals surface area contributed by atoms with Crippen LogP contribution in [0.4, 0.5) is 11.6 Å². The summed E-state index contributed by atoms with van der Waals surface area (Å²) in [5, 5.41) is 30.8.